The van der Waals surface area contributed by atoms with E-state index >= 15 is 0 Å². The highest BCUT2D eigenvalue weighted by molar-refractivity contribution is 6.33. The van der Waals surface area contributed by atoms with Crippen LogP contribution in [0.3, 0.4) is 0 Å². The van der Waals surface area contributed by atoms with Crippen molar-refractivity contribution in [3.8, 4) is 5.75 Å². The molecule has 0 aliphatic heterocycles. The standard InChI is InChI=1S/C13H12ClFN2O/c1-18-8-5-6-12(11(16)7-8)17-13-9(14)3-2-4-10(13)15/h2-7,17H,16H2,1H3. The van der Waals surface area contributed by atoms with Crippen LogP contribution in [0.15, 0.2) is 36.4 Å². The van der Waals surface area contributed by atoms with Crippen LogP contribution in [-0.2, 0) is 0 Å². The minimum Gasteiger partial charge on any atom is -0.497 e. The third kappa shape index (κ3) is 2.49. The first-order valence-corrected chi connectivity index (χ1v) is 5.64. The molecular formula is C13H12ClFN2O. The number of nitrogens with one attached hydrogen (secondary N) is 1. The molecule has 0 atom stereocenters. The predicted molar refractivity (Wildman–Crippen MR) is 72.1 cm³/mol. The van der Waals surface area contributed by atoms with Gasteiger partial charge < -0.3 is 15.8 Å². The second-order valence-electron chi connectivity index (χ2n) is 3.67. The number of anilines is 3. The van der Waals surface area contributed by atoms with Gasteiger partial charge in [-0.25, -0.2) is 4.39 Å². The summed E-state index contributed by atoms with van der Waals surface area (Å²) in [5.74, 6) is 0.204. The summed E-state index contributed by atoms with van der Waals surface area (Å²) in [5, 5.41) is 3.17. The summed E-state index contributed by atoms with van der Waals surface area (Å²) < 4.78 is 18.6. The Morgan fingerprint density at radius 2 is 2.06 bits per heavy atom. The Labute approximate surface area is 109 Å². The topological polar surface area (TPSA) is 47.3 Å². The number of halogens is 2. The van der Waals surface area contributed by atoms with E-state index in [4.69, 9.17) is 22.1 Å². The van der Waals surface area contributed by atoms with Gasteiger partial charge in [-0.2, -0.15) is 0 Å². The van der Waals surface area contributed by atoms with Crippen LogP contribution < -0.4 is 15.8 Å². The molecule has 0 saturated heterocycles. The maximum atomic E-state index is 13.6. The van der Waals surface area contributed by atoms with E-state index in [9.17, 15) is 4.39 Å². The highest BCUT2D eigenvalue weighted by atomic mass is 35.5. The van der Waals surface area contributed by atoms with Crippen molar-refractivity contribution in [1.82, 2.24) is 0 Å². The van der Waals surface area contributed by atoms with Gasteiger partial charge in [0.2, 0.25) is 0 Å². The smallest absolute Gasteiger partial charge is 0.148 e. The Morgan fingerprint density at radius 1 is 1.28 bits per heavy atom. The molecule has 0 heterocycles. The largest absolute Gasteiger partial charge is 0.497 e. The first kappa shape index (κ1) is 12.5. The number of methoxy groups -OCH3 is 1. The molecule has 2 rings (SSSR count). The van der Waals surface area contributed by atoms with Crippen molar-refractivity contribution in [1.29, 1.82) is 0 Å². The Morgan fingerprint density at radius 3 is 2.67 bits per heavy atom. The summed E-state index contributed by atoms with van der Waals surface area (Å²) in [6.07, 6.45) is 0. The predicted octanol–water partition coefficient (Wildman–Crippen LogP) is 3.81. The van der Waals surface area contributed by atoms with Gasteiger partial charge in [0.1, 0.15) is 11.6 Å². The lowest BCUT2D eigenvalue weighted by molar-refractivity contribution is 0.415. The average molecular weight is 267 g/mol. The third-order valence-corrected chi connectivity index (χ3v) is 2.80. The molecule has 0 aliphatic carbocycles. The summed E-state index contributed by atoms with van der Waals surface area (Å²) in [5.41, 5.74) is 7.07. The van der Waals surface area contributed by atoms with Crippen LogP contribution in [-0.4, -0.2) is 7.11 Å². The van der Waals surface area contributed by atoms with E-state index in [1.54, 1.807) is 37.4 Å². The van der Waals surface area contributed by atoms with Gasteiger partial charge in [-0.05, 0) is 24.3 Å². The highest BCUT2D eigenvalue weighted by Crippen LogP contribution is 2.32. The Hall–Kier alpha value is -1.94. The lowest BCUT2D eigenvalue weighted by atomic mass is 10.2. The number of nitrogens with two attached hydrogens (primary N) is 1. The fourth-order valence-corrected chi connectivity index (χ4v) is 1.74. The molecule has 2 aromatic carbocycles. The molecule has 18 heavy (non-hydrogen) atoms. The maximum absolute atomic E-state index is 13.6. The summed E-state index contributed by atoms with van der Waals surface area (Å²) in [4.78, 5) is 0. The molecule has 3 N–H and O–H groups in total. The quantitative estimate of drug-likeness (QED) is 0.831. The zero-order valence-corrected chi connectivity index (χ0v) is 10.5. The van der Waals surface area contributed by atoms with Crippen molar-refractivity contribution in [2.45, 2.75) is 0 Å². The molecule has 2 aromatic rings. The van der Waals surface area contributed by atoms with E-state index < -0.39 is 5.82 Å². The summed E-state index contributed by atoms with van der Waals surface area (Å²) in [6, 6.07) is 9.56. The molecule has 0 amide bonds. The second kappa shape index (κ2) is 5.14. The fourth-order valence-electron chi connectivity index (χ4n) is 1.53. The van der Waals surface area contributed by atoms with Crippen molar-refractivity contribution in [2.75, 3.05) is 18.2 Å². The van der Waals surface area contributed by atoms with Crippen LogP contribution in [0.25, 0.3) is 0 Å². The average Bonchev–Trinajstić information content (AvgIpc) is 2.35. The van der Waals surface area contributed by atoms with Gasteiger partial charge in [-0.3, -0.25) is 0 Å². The minimum atomic E-state index is -0.433. The van der Waals surface area contributed by atoms with E-state index in [2.05, 4.69) is 5.32 Å². The molecule has 0 unspecified atom stereocenters. The number of hydrogen-bond donors (Lipinski definition) is 2. The van der Waals surface area contributed by atoms with E-state index in [0.717, 1.165) is 0 Å². The van der Waals surface area contributed by atoms with Crippen LogP contribution in [0.5, 0.6) is 5.75 Å². The van der Waals surface area contributed by atoms with Crippen LogP contribution >= 0.6 is 11.6 Å². The number of hydrogen-bond acceptors (Lipinski definition) is 3. The highest BCUT2D eigenvalue weighted by Gasteiger charge is 2.09. The summed E-state index contributed by atoms with van der Waals surface area (Å²) in [7, 11) is 1.55. The zero-order chi connectivity index (χ0) is 13.1. The van der Waals surface area contributed by atoms with Gasteiger partial charge in [0.05, 0.1) is 29.2 Å². The molecule has 0 radical (unpaired) electrons. The van der Waals surface area contributed by atoms with Crippen LogP contribution in [0, 0.1) is 5.82 Å². The number of benzene rings is 2. The number of ether oxygens (including phenoxy) is 1. The van der Waals surface area contributed by atoms with Crippen molar-refractivity contribution >= 4 is 28.7 Å². The molecule has 0 spiro atoms. The van der Waals surface area contributed by atoms with Gasteiger partial charge in [0, 0.05) is 6.07 Å². The maximum Gasteiger partial charge on any atom is 0.148 e. The SMILES string of the molecule is COc1ccc(Nc2c(F)cccc2Cl)c(N)c1. The van der Waals surface area contributed by atoms with Crippen molar-refractivity contribution in [3.63, 3.8) is 0 Å². The molecule has 0 aliphatic rings. The minimum absolute atomic E-state index is 0.205. The molecule has 0 saturated carbocycles. The van der Waals surface area contributed by atoms with Crippen molar-refractivity contribution in [2.24, 2.45) is 0 Å². The van der Waals surface area contributed by atoms with Gasteiger partial charge in [0.25, 0.3) is 0 Å². The van der Waals surface area contributed by atoms with Crippen molar-refractivity contribution in [3.05, 3.63) is 47.2 Å². The molecule has 3 nitrogen and oxygen atoms in total. The van der Waals surface area contributed by atoms with E-state index in [1.165, 1.54) is 6.07 Å². The molecule has 5 heteroatoms. The van der Waals surface area contributed by atoms with Gasteiger partial charge in [-0.1, -0.05) is 17.7 Å². The lowest BCUT2D eigenvalue weighted by Crippen LogP contribution is -1.99. The Balaban J connectivity index is 2.34. The second-order valence-corrected chi connectivity index (χ2v) is 4.08. The van der Waals surface area contributed by atoms with Gasteiger partial charge in [-0.15, -0.1) is 0 Å². The lowest BCUT2D eigenvalue weighted by Gasteiger charge is -2.12. The van der Waals surface area contributed by atoms with Crippen LogP contribution in [0.2, 0.25) is 5.02 Å². The number of nitrogen functional groups attached to an aromatic ring is 1. The first-order valence-electron chi connectivity index (χ1n) is 5.26. The molecule has 0 fully saturated rings. The van der Waals surface area contributed by atoms with Crippen LogP contribution in [0.1, 0.15) is 0 Å². The zero-order valence-electron chi connectivity index (χ0n) is 9.71. The third-order valence-electron chi connectivity index (χ3n) is 2.48. The number of para-hydroxylation sites is 1. The fraction of sp³-hybridized carbons (Fsp3) is 0.0769. The van der Waals surface area contributed by atoms with E-state index in [1.807, 2.05) is 0 Å². The van der Waals surface area contributed by atoms with E-state index in [0.29, 0.717) is 22.1 Å². The van der Waals surface area contributed by atoms with Crippen molar-refractivity contribution < 1.29 is 9.13 Å². The van der Waals surface area contributed by atoms with Gasteiger partial charge >= 0.3 is 0 Å². The Kier molecular flexibility index (Phi) is 3.58. The molecular weight excluding hydrogens is 255 g/mol. The molecule has 0 aromatic heterocycles. The summed E-state index contributed by atoms with van der Waals surface area (Å²) >= 11 is 5.92. The Bertz CT molecular complexity index is 555. The van der Waals surface area contributed by atoms with E-state index in [-0.39, 0.29) is 5.69 Å². The first-order chi connectivity index (χ1) is 8.61. The monoisotopic (exact) mass is 266 g/mol. The number of rotatable bonds is 3. The summed E-state index contributed by atoms with van der Waals surface area (Å²) in [6.45, 7) is 0. The normalized spacial score (nSPS) is 10.2. The van der Waals surface area contributed by atoms with Crippen LogP contribution in [0.4, 0.5) is 21.5 Å². The molecule has 0 bridgehead atoms. The van der Waals surface area contributed by atoms with Gasteiger partial charge in [0.15, 0.2) is 0 Å². The molecule has 94 valence electrons.